The van der Waals surface area contributed by atoms with Crippen LogP contribution in [0.5, 0.6) is 0 Å². The molecule has 2 rings (SSSR count). The Morgan fingerprint density at radius 1 is 1.29 bits per heavy atom. The highest BCUT2D eigenvalue weighted by molar-refractivity contribution is 7.88. The Hall–Kier alpha value is -0.910. The average Bonchev–Trinajstić information content (AvgIpc) is 2.80. The van der Waals surface area contributed by atoms with E-state index < -0.39 is 10.0 Å². The minimum absolute atomic E-state index is 0.0561. The van der Waals surface area contributed by atoms with Crippen LogP contribution in [0.15, 0.2) is 30.3 Å². The first-order valence-corrected chi connectivity index (χ1v) is 7.55. The summed E-state index contributed by atoms with van der Waals surface area (Å²) in [5.41, 5.74) is 0.819. The van der Waals surface area contributed by atoms with Crippen LogP contribution in [0.4, 0.5) is 0 Å². The zero-order valence-electron chi connectivity index (χ0n) is 9.72. The zero-order chi connectivity index (χ0) is 12.1. The van der Waals surface area contributed by atoms with Gasteiger partial charge in [-0.3, -0.25) is 0 Å². The molecule has 0 saturated carbocycles. The molecule has 4 nitrogen and oxygen atoms in total. The van der Waals surface area contributed by atoms with Crippen LogP contribution in [0, 0.1) is 0 Å². The SMILES string of the molecule is O=S(=O)(Cc1ccccc1)NC[C@@H]1CCCN1. The predicted octanol–water partition coefficient (Wildman–Crippen LogP) is 0.858. The van der Waals surface area contributed by atoms with Crippen molar-refractivity contribution in [1.82, 2.24) is 10.0 Å². The quantitative estimate of drug-likeness (QED) is 0.819. The highest BCUT2D eigenvalue weighted by Gasteiger charge is 2.17. The average molecular weight is 254 g/mol. The van der Waals surface area contributed by atoms with E-state index in [1.54, 1.807) is 0 Å². The van der Waals surface area contributed by atoms with Crippen LogP contribution in [-0.2, 0) is 15.8 Å². The monoisotopic (exact) mass is 254 g/mol. The lowest BCUT2D eigenvalue weighted by Crippen LogP contribution is -2.37. The third-order valence-corrected chi connectivity index (χ3v) is 4.23. The van der Waals surface area contributed by atoms with Crippen LogP contribution < -0.4 is 10.0 Å². The molecule has 1 saturated heterocycles. The first-order valence-electron chi connectivity index (χ1n) is 5.90. The molecule has 0 aromatic heterocycles. The lowest BCUT2D eigenvalue weighted by Gasteiger charge is -2.11. The van der Waals surface area contributed by atoms with Gasteiger partial charge in [0.15, 0.2) is 0 Å². The normalized spacial score (nSPS) is 20.6. The van der Waals surface area contributed by atoms with Crippen molar-refractivity contribution >= 4 is 10.0 Å². The Morgan fingerprint density at radius 3 is 2.71 bits per heavy atom. The van der Waals surface area contributed by atoms with Gasteiger partial charge in [0.2, 0.25) is 10.0 Å². The Balaban J connectivity index is 1.86. The van der Waals surface area contributed by atoms with E-state index in [0.29, 0.717) is 12.6 Å². The van der Waals surface area contributed by atoms with Crippen LogP contribution in [0.25, 0.3) is 0 Å². The molecule has 1 aromatic rings. The maximum Gasteiger partial charge on any atom is 0.215 e. The predicted molar refractivity (Wildman–Crippen MR) is 68.1 cm³/mol. The van der Waals surface area contributed by atoms with E-state index in [-0.39, 0.29) is 5.75 Å². The van der Waals surface area contributed by atoms with Gasteiger partial charge < -0.3 is 5.32 Å². The van der Waals surface area contributed by atoms with Gasteiger partial charge >= 0.3 is 0 Å². The van der Waals surface area contributed by atoms with Gasteiger partial charge in [-0.2, -0.15) is 0 Å². The van der Waals surface area contributed by atoms with Crippen molar-refractivity contribution in [2.24, 2.45) is 0 Å². The maximum absolute atomic E-state index is 11.8. The van der Waals surface area contributed by atoms with Gasteiger partial charge in [-0.05, 0) is 24.9 Å². The molecular weight excluding hydrogens is 236 g/mol. The molecule has 0 bridgehead atoms. The van der Waals surface area contributed by atoms with E-state index in [1.165, 1.54) is 0 Å². The zero-order valence-corrected chi connectivity index (χ0v) is 10.5. The molecule has 0 amide bonds. The minimum atomic E-state index is -3.21. The molecule has 17 heavy (non-hydrogen) atoms. The Bertz CT molecular complexity index is 439. The summed E-state index contributed by atoms with van der Waals surface area (Å²) in [4.78, 5) is 0. The first kappa shape index (κ1) is 12.5. The number of nitrogens with one attached hydrogen (secondary N) is 2. The second-order valence-corrected chi connectivity index (χ2v) is 6.19. The number of sulfonamides is 1. The Labute approximate surface area is 102 Å². The molecule has 2 N–H and O–H groups in total. The molecule has 1 fully saturated rings. The largest absolute Gasteiger partial charge is 0.313 e. The molecule has 0 aliphatic carbocycles. The van der Waals surface area contributed by atoms with Crippen molar-refractivity contribution in [2.45, 2.75) is 24.6 Å². The van der Waals surface area contributed by atoms with E-state index in [4.69, 9.17) is 0 Å². The summed E-state index contributed by atoms with van der Waals surface area (Å²) in [6, 6.07) is 9.53. The lowest BCUT2D eigenvalue weighted by molar-refractivity contribution is 0.551. The summed E-state index contributed by atoms with van der Waals surface area (Å²) >= 11 is 0. The van der Waals surface area contributed by atoms with Gasteiger partial charge in [0.25, 0.3) is 0 Å². The standard InChI is InChI=1S/C12H18N2O2S/c15-17(16,10-11-5-2-1-3-6-11)14-9-12-7-4-8-13-12/h1-3,5-6,12-14H,4,7-10H2/t12-/m0/s1. The summed E-state index contributed by atoms with van der Waals surface area (Å²) in [7, 11) is -3.21. The van der Waals surface area contributed by atoms with E-state index in [0.717, 1.165) is 24.9 Å². The summed E-state index contributed by atoms with van der Waals surface area (Å²) in [6.07, 6.45) is 2.18. The van der Waals surface area contributed by atoms with Crippen LogP contribution >= 0.6 is 0 Å². The second-order valence-electron chi connectivity index (χ2n) is 4.39. The van der Waals surface area contributed by atoms with E-state index in [1.807, 2.05) is 30.3 Å². The minimum Gasteiger partial charge on any atom is -0.313 e. The van der Waals surface area contributed by atoms with Gasteiger partial charge in [-0.25, -0.2) is 13.1 Å². The van der Waals surface area contributed by atoms with E-state index >= 15 is 0 Å². The van der Waals surface area contributed by atoms with Crippen LogP contribution in [0.3, 0.4) is 0 Å². The Morgan fingerprint density at radius 2 is 2.06 bits per heavy atom. The molecule has 1 aromatic carbocycles. The van der Waals surface area contributed by atoms with Crippen molar-refractivity contribution in [3.05, 3.63) is 35.9 Å². The molecule has 5 heteroatoms. The topological polar surface area (TPSA) is 58.2 Å². The molecule has 0 unspecified atom stereocenters. The highest BCUT2D eigenvalue weighted by atomic mass is 32.2. The fraction of sp³-hybridized carbons (Fsp3) is 0.500. The number of hydrogen-bond donors (Lipinski definition) is 2. The summed E-state index contributed by atoms with van der Waals surface area (Å²) < 4.78 is 26.3. The maximum atomic E-state index is 11.8. The molecule has 1 aliphatic rings. The fourth-order valence-electron chi connectivity index (χ4n) is 2.00. The van der Waals surface area contributed by atoms with Gasteiger partial charge in [0.05, 0.1) is 5.75 Å². The summed E-state index contributed by atoms with van der Waals surface area (Å²) in [6.45, 7) is 1.49. The van der Waals surface area contributed by atoms with Crippen molar-refractivity contribution in [3.63, 3.8) is 0 Å². The van der Waals surface area contributed by atoms with Crippen LogP contribution in [0.1, 0.15) is 18.4 Å². The van der Waals surface area contributed by atoms with Crippen molar-refractivity contribution in [1.29, 1.82) is 0 Å². The van der Waals surface area contributed by atoms with Gasteiger partial charge in [0, 0.05) is 12.6 Å². The molecule has 1 heterocycles. The Kier molecular flexibility index (Phi) is 4.15. The fourth-order valence-corrected chi connectivity index (χ4v) is 3.19. The smallest absolute Gasteiger partial charge is 0.215 e. The van der Waals surface area contributed by atoms with Crippen molar-refractivity contribution < 1.29 is 8.42 Å². The van der Waals surface area contributed by atoms with Gasteiger partial charge in [0.1, 0.15) is 0 Å². The summed E-state index contributed by atoms with van der Waals surface area (Å²) in [5.74, 6) is 0.0561. The van der Waals surface area contributed by atoms with Crippen molar-refractivity contribution in [3.8, 4) is 0 Å². The second kappa shape index (κ2) is 5.62. The van der Waals surface area contributed by atoms with Gasteiger partial charge in [-0.1, -0.05) is 30.3 Å². The number of benzene rings is 1. The molecule has 94 valence electrons. The number of rotatable bonds is 5. The molecular formula is C12H18N2O2S. The first-order chi connectivity index (χ1) is 8.16. The third kappa shape index (κ3) is 4.11. The van der Waals surface area contributed by atoms with Crippen LogP contribution in [-0.4, -0.2) is 27.5 Å². The van der Waals surface area contributed by atoms with E-state index in [2.05, 4.69) is 10.0 Å². The van der Waals surface area contributed by atoms with Crippen LogP contribution in [0.2, 0.25) is 0 Å². The van der Waals surface area contributed by atoms with E-state index in [9.17, 15) is 8.42 Å². The number of hydrogen-bond acceptors (Lipinski definition) is 3. The molecule has 0 radical (unpaired) electrons. The molecule has 0 spiro atoms. The van der Waals surface area contributed by atoms with Crippen molar-refractivity contribution in [2.75, 3.05) is 13.1 Å². The lowest BCUT2D eigenvalue weighted by atomic mass is 10.2. The third-order valence-electron chi connectivity index (χ3n) is 2.91. The molecule has 1 atom stereocenters. The van der Waals surface area contributed by atoms with Gasteiger partial charge in [-0.15, -0.1) is 0 Å². The molecule has 1 aliphatic heterocycles. The highest BCUT2D eigenvalue weighted by Crippen LogP contribution is 2.06. The summed E-state index contributed by atoms with van der Waals surface area (Å²) in [5, 5.41) is 3.27.